The standard InChI is InChI=1S/C18H19N3O2/c1-2-11-19-17(22)13-20-15-9-6-10-16(12-15)21-18(23)14-7-4-3-5-8-14/h2-10,12,20H,1,11,13H2,(H,19,22)(H,21,23). The summed E-state index contributed by atoms with van der Waals surface area (Å²) in [6, 6.07) is 16.2. The minimum absolute atomic E-state index is 0.122. The Labute approximate surface area is 135 Å². The number of hydrogen-bond acceptors (Lipinski definition) is 3. The summed E-state index contributed by atoms with van der Waals surface area (Å²) in [5, 5.41) is 8.52. The monoisotopic (exact) mass is 309 g/mol. The summed E-state index contributed by atoms with van der Waals surface area (Å²) in [4.78, 5) is 23.6. The molecule has 0 saturated heterocycles. The average molecular weight is 309 g/mol. The molecule has 3 N–H and O–H groups in total. The molecule has 23 heavy (non-hydrogen) atoms. The predicted octanol–water partition coefficient (Wildman–Crippen LogP) is 2.65. The van der Waals surface area contributed by atoms with Crippen LogP contribution in [0.3, 0.4) is 0 Å². The Balaban J connectivity index is 1.93. The minimum atomic E-state index is -0.175. The van der Waals surface area contributed by atoms with Crippen LogP contribution in [0.1, 0.15) is 10.4 Å². The van der Waals surface area contributed by atoms with E-state index in [4.69, 9.17) is 0 Å². The van der Waals surface area contributed by atoms with Crippen LogP contribution in [0.25, 0.3) is 0 Å². The molecule has 0 aromatic heterocycles. The van der Waals surface area contributed by atoms with Crippen molar-refractivity contribution in [1.82, 2.24) is 5.32 Å². The lowest BCUT2D eigenvalue weighted by Gasteiger charge is -2.09. The number of amides is 2. The van der Waals surface area contributed by atoms with Gasteiger partial charge in [-0.25, -0.2) is 0 Å². The summed E-state index contributed by atoms with van der Waals surface area (Å²) in [5.74, 6) is -0.296. The van der Waals surface area contributed by atoms with Gasteiger partial charge in [0.1, 0.15) is 0 Å². The van der Waals surface area contributed by atoms with E-state index in [-0.39, 0.29) is 18.4 Å². The normalized spacial score (nSPS) is 9.74. The van der Waals surface area contributed by atoms with Crippen molar-refractivity contribution >= 4 is 23.2 Å². The Kier molecular flexibility index (Phi) is 5.94. The number of nitrogens with one attached hydrogen (secondary N) is 3. The number of carbonyl (C=O) groups excluding carboxylic acids is 2. The molecule has 5 nitrogen and oxygen atoms in total. The summed E-state index contributed by atoms with van der Waals surface area (Å²) < 4.78 is 0. The second-order valence-corrected chi connectivity index (χ2v) is 4.85. The molecule has 0 aliphatic heterocycles. The molecule has 0 fully saturated rings. The number of anilines is 2. The molecule has 0 heterocycles. The second kappa shape index (κ2) is 8.38. The fourth-order valence-corrected chi connectivity index (χ4v) is 1.93. The average Bonchev–Trinajstić information content (AvgIpc) is 2.59. The van der Waals surface area contributed by atoms with Gasteiger partial charge in [-0.15, -0.1) is 6.58 Å². The lowest BCUT2D eigenvalue weighted by Crippen LogP contribution is -2.29. The number of hydrogen-bond donors (Lipinski definition) is 3. The first kappa shape index (κ1) is 16.3. The van der Waals surface area contributed by atoms with Crippen molar-refractivity contribution in [3.8, 4) is 0 Å². The molecule has 2 rings (SSSR count). The van der Waals surface area contributed by atoms with E-state index in [0.29, 0.717) is 17.8 Å². The van der Waals surface area contributed by atoms with Gasteiger partial charge in [0.25, 0.3) is 5.91 Å². The molecule has 118 valence electrons. The van der Waals surface area contributed by atoms with Gasteiger partial charge >= 0.3 is 0 Å². The number of benzene rings is 2. The van der Waals surface area contributed by atoms with E-state index in [0.717, 1.165) is 5.69 Å². The van der Waals surface area contributed by atoms with Gasteiger partial charge in [0.15, 0.2) is 0 Å². The molecule has 0 unspecified atom stereocenters. The Hall–Kier alpha value is -3.08. The molecule has 2 aromatic carbocycles. The third-order valence-corrected chi connectivity index (χ3v) is 3.05. The summed E-state index contributed by atoms with van der Waals surface area (Å²) in [7, 11) is 0. The highest BCUT2D eigenvalue weighted by Gasteiger charge is 2.06. The molecule has 0 bridgehead atoms. The van der Waals surface area contributed by atoms with Crippen LogP contribution in [0.2, 0.25) is 0 Å². The highest BCUT2D eigenvalue weighted by atomic mass is 16.2. The topological polar surface area (TPSA) is 70.2 Å². The molecular weight excluding hydrogens is 290 g/mol. The van der Waals surface area contributed by atoms with Crippen molar-refractivity contribution in [2.24, 2.45) is 0 Å². The van der Waals surface area contributed by atoms with Crippen molar-refractivity contribution in [2.75, 3.05) is 23.7 Å². The van der Waals surface area contributed by atoms with Crippen LogP contribution in [0.4, 0.5) is 11.4 Å². The maximum Gasteiger partial charge on any atom is 0.255 e. The van der Waals surface area contributed by atoms with E-state index in [9.17, 15) is 9.59 Å². The van der Waals surface area contributed by atoms with Crippen LogP contribution in [0, 0.1) is 0 Å². The van der Waals surface area contributed by atoms with Crippen LogP contribution in [-0.4, -0.2) is 24.9 Å². The first-order valence-corrected chi connectivity index (χ1v) is 7.27. The zero-order valence-electron chi connectivity index (χ0n) is 12.7. The van der Waals surface area contributed by atoms with E-state index < -0.39 is 0 Å². The van der Waals surface area contributed by atoms with Gasteiger partial charge in [-0.1, -0.05) is 30.3 Å². The molecule has 0 radical (unpaired) electrons. The Morgan fingerprint density at radius 3 is 2.48 bits per heavy atom. The van der Waals surface area contributed by atoms with Gasteiger partial charge in [-0.05, 0) is 30.3 Å². The molecule has 0 saturated carbocycles. The van der Waals surface area contributed by atoms with Gasteiger partial charge in [-0.2, -0.15) is 0 Å². The van der Waals surface area contributed by atoms with Gasteiger partial charge in [0.05, 0.1) is 6.54 Å². The second-order valence-electron chi connectivity index (χ2n) is 4.85. The molecule has 0 atom stereocenters. The molecule has 0 spiro atoms. The van der Waals surface area contributed by atoms with Crippen LogP contribution >= 0.6 is 0 Å². The van der Waals surface area contributed by atoms with Crippen molar-refractivity contribution in [3.63, 3.8) is 0 Å². The maximum absolute atomic E-state index is 12.1. The predicted molar refractivity (Wildman–Crippen MR) is 92.5 cm³/mol. The summed E-state index contributed by atoms with van der Waals surface area (Å²) in [5.41, 5.74) is 2.01. The first-order valence-electron chi connectivity index (χ1n) is 7.27. The van der Waals surface area contributed by atoms with Crippen molar-refractivity contribution in [1.29, 1.82) is 0 Å². The first-order chi connectivity index (χ1) is 11.2. The third kappa shape index (κ3) is 5.32. The van der Waals surface area contributed by atoms with Crippen molar-refractivity contribution < 1.29 is 9.59 Å². The van der Waals surface area contributed by atoms with E-state index in [1.54, 1.807) is 30.3 Å². The fourth-order valence-electron chi connectivity index (χ4n) is 1.93. The van der Waals surface area contributed by atoms with Gasteiger partial charge in [0.2, 0.25) is 5.91 Å². The largest absolute Gasteiger partial charge is 0.376 e. The summed E-state index contributed by atoms with van der Waals surface area (Å²) in [6.07, 6.45) is 1.62. The third-order valence-electron chi connectivity index (χ3n) is 3.05. The lowest BCUT2D eigenvalue weighted by molar-refractivity contribution is -0.119. The van der Waals surface area contributed by atoms with Crippen molar-refractivity contribution in [3.05, 3.63) is 72.8 Å². The van der Waals surface area contributed by atoms with Crippen LogP contribution < -0.4 is 16.0 Å². The summed E-state index contributed by atoms with van der Waals surface area (Å²) in [6.45, 7) is 4.13. The number of rotatable bonds is 7. The van der Waals surface area contributed by atoms with Crippen LogP contribution in [-0.2, 0) is 4.79 Å². The highest BCUT2D eigenvalue weighted by Crippen LogP contribution is 2.15. The van der Waals surface area contributed by atoms with Gasteiger partial charge in [-0.3, -0.25) is 9.59 Å². The Bertz CT molecular complexity index is 684. The highest BCUT2D eigenvalue weighted by molar-refractivity contribution is 6.04. The maximum atomic E-state index is 12.1. The zero-order valence-corrected chi connectivity index (χ0v) is 12.7. The number of carbonyl (C=O) groups is 2. The zero-order chi connectivity index (χ0) is 16.5. The van der Waals surface area contributed by atoms with Crippen molar-refractivity contribution in [2.45, 2.75) is 0 Å². The van der Waals surface area contributed by atoms with E-state index in [1.165, 1.54) is 0 Å². The molecular formula is C18H19N3O2. The molecule has 2 amide bonds. The van der Waals surface area contributed by atoms with Crippen LogP contribution in [0.5, 0.6) is 0 Å². The summed E-state index contributed by atoms with van der Waals surface area (Å²) >= 11 is 0. The molecule has 0 aliphatic rings. The SMILES string of the molecule is C=CCNC(=O)CNc1cccc(NC(=O)c2ccccc2)c1. The fraction of sp³-hybridized carbons (Fsp3) is 0.111. The van der Waals surface area contributed by atoms with Gasteiger partial charge < -0.3 is 16.0 Å². The van der Waals surface area contributed by atoms with E-state index >= 15 is 0 Å². The van der Waals surface area contributed by atoms with E-state index in [1.807, 2.05) is 30.3 Å². The molecule has 2 aromatic rings. The smallest absolute Gasteiger partial charge is 0.255 e. The lowest BCUT2D eigenvalue weighted by atomic mass is 10.2. The Morgan fingerprint density at radius 1 is 1.00 bits per heavy atom. The van der Waals surface area contributed by atoms with Crippen LogP contribution in [0.15, 0.2) is 67.3 Å². The quantitative estimate of drug-likeness (QED) is 0.689. The van der Waals surface area contributed by atoms with E-state index in [2.05, 4.69) is 22.5 Å². The minimum Gasteiger partial charge on any atom is -0.376 e. The Morgan fingerprint density at radius 2 is 1.74 bits per heavy atom. The molecule has 0 aliphatic carbocycles. The van der Waals surface area contributed by atoms with Gasteiger partial charge in [0, 0.05) is 23.5 Å². The molecule has 5 heteroatoms.